The van der Waals surface area contributed by atoms with Crippen LogP contribution in [-0.4, -0.2) is 55.1 Å². The Morgan fingerprint density at radius 2 is 0.909 bits per heavy atom. The lowest BCUT2D eigenvalue weighted by atomic mass is 10.1. The first-order valence-corrected chi connectivity index (χ1v) is 43.1. The second-order valence-corrected chi connectivity index (χ2v) is 61.4. The maximum absolute atomic E-state index is 4.75. The topological polar surface area (TPSA) is 0 Å². The lowest BCUT2D eigenvalue weighted by Gasteiger charge is -2.48. The van der Waals surface area contributed by atoms with Gasteiger partial charge in [0.05, 0.1) is 0 Å². The van der Waals surface area contributed by atoms with Gasteiger partial charge in [0.2, 0.25) is 0 Å². The Labute approximate surface area is 289 Å². The molecule has 3 rings (SSSR count). The summed E-state index contributed by atoms with van der Waals surface area (Å²) in [5, 5.41) is 4.03. The van der Waals surface area contributed by atoms with Crippen LogP contribution in [0, 0.1) is 0 Å². The standard InChI is InChI=1S/C36H67BrSi7/c1-38(2,3)34(39(4,5)6)30-25-31(35(40(7,8)9)41(10,11)12)33(32(26-30)36(42(13,14)15)43(16,17)18)44(37)24-23-28-21-19-20-22-29(28)27-44/h19-26,34-36H,27H2,1-18H3. The van der Waals surface area contributed by atoms with Crippen molar-refractivity contribution in [2.45, 2.75) is 139 Å². The van der Waals surface area contributed by atoms with Crippen molar-refractivity contribution < 1.29 is 0 Å². The molecule has 246 valence electrons. The summed E-state index contributed by atoms with van der Waals surface area (Å²) < 4.78 is 0. The molecule has 0 saturated carbocycles. The minimum atomic E-state index is -2.20. The summed E-state index contributed by atoms with van der Waals surface area (Å²) in [6.07, 6.45) is 2.49. The average molecular weight is 776 g/mol. The summed E-state index contributed by atoms with van der Waals surface area (Å²) in [6.45, 7) is 46.0. The molecule has 0 nitrogen and oxygen atoms in total. The van der Waals surface area contributed by atoms with E-state index in [1.165, 1.54) is 17.2 Å². The first-order valence-electron chi connectivity index (χ1n) is 17.1. The van der Waals surface area contributed by atoms with Gasteiger partial charge in [-0.05, 0) is 54.5 Å². The van der Waals surface area contributed by atoms with Crippen molar-refractivity contribution in [3.8, 4) is 0 Å². The van der Waals surface area contributed by atoms with Gasteiger partial charge in [0.1, 0.15) is 0 Å². The van der Waals surface area contributed by atoms with Crippen LogP contribution in [0.15, 0.2) is 42.1 Å². The molecule has 0 radical (unpaired) electrons. The maximum Gasteiger partial charge on any atom is 0.188 e. The lowest BCUT2D eigenvalue weighted by molar-refractivity contribution is 1.09. The van der Waals surface area contributed by atoms with E-state index < -0.39 is 55.1 Å². The van der Waals surface area contributed by atoms with Gasteiger partial charge in [0.25, 0.3) is 0 Å². The Morgan fingerprint density at radius 1 is 0.545 bits per heavy atom. The molecule has 1 aliphatic rings. The molecule has 2 aromatic rings. The van der Waals surface area contributed by atoms with Crippen molar-refractivity contribution in [3.05, 3.63) is 69.9 Å². The van der Waals surface area contributed by atoms with Crippen LogP contribution >= 0.6 is 15.3 Å². The fourth-order valence-electron chi connectivity index (χ4n) is 10.2. The van der Waals surface area contributed by atoms with E-state index in [4.69, 9.17) is 15.3 Å². The van der Waals surface area contributed by atoms with Crippen molar-refractivity contribution >= 4 is 81.7 Å². The Kier molecular flexibility index (Phi) is 11.0. The van der Waals surface area contributed by atoms with Crippen LogP contribution in [0.1, 0.15) is 43.3 Å². The SMILES string of the molecule is C[Si](C)(C)C(c1cc(C([Si](C)(C)C)[Si](C)(C)C)c([Si]2(Br)C=Cc3ccccc3C2)c(C([Si](C)(C)C)[Si](C)(C)C)c1)[Si](C)(C)C. The van der Waals surface area contributed by atoms with Crippen LogP contribution in [0.5, 0.6) is 0 Å². The van der Waals surface area contributed by atoms with E-state index in [0.29, 0.717) is 0 Å². The van der Waals surface area contributed by atoms with E-state index in [9.17, 15) is 0 Å². The molecule has 1 heterocycles. The quantitative estimate of drug-likeness (QED) is 0.167. The molecular weight excluding hydrogens is 709 g/mol. The molecule has 0 spiro atoms. The highest BCUT2D eigenvalue weighted by Crippen LogP contribution is 2.46. The first kappa shape index (κ1) is 38.6. The minimum Gasteiger partial charge on any atom is -0.114 e. The van der Waals surface area contributed by atoms with Crippen molar-refractivity contribution in [2.75, 3.05) is 0 Å². The fraction of sp³-hybridized carbons (Fsp3) is 0.611. The average Bonchev–Trinajstić information content (AvgIpc) is 2.72. The number of halogens is 1. The summed E-state index contributed by atoms with van der Waals surface area (Å²) in [5.41, 5.74) is 11.0. The van der Waals surface area contributed by atoms with Crippen LogP contribution in [-0.2, 0) is 6.04 Å². The Balaban J connectivity index is 2.69. The van der Waals surface area contributed by atoms with Gasteiger partial charge in [-0.3, -0.25) is 0 Å². The van der Waals surface area contributed by atoms with Crippen LogP contribution in [0.3, 0.4) is 0 Å². The van der Waals surface area contributed by atoms with Crippen LogP contribution in [0.4, 0.5) is 0 Å². The predicted molar refractivity (Wildman–Crippen MR) is 228 cm³/mol. The van der Waals surface area contributed by atoms with Crippen LogP contribution in [0.25, 0.3) is 6.08 Å². The third-order valence-corrected chi connectivity index (χ3v) is 43.5. The largest absolute Gasteiger partial charge is 0.188 e. The maximum atomic E-state index is 4.75. The molecule has 44 heavy (non-hydrogen) atoms. The number of rotatable bonds is 10. The molecule has 0 fully saturated rings. The van der Waals surface area contributed by atoms with Gasteiger partial charge < -0.3 is 0 Å². The molecule has 1 atom stereocenters. The summed E-state index contributed by atoms with van der Waals surface area (Å²) in [6, 6.07) is 16.1. The highest BCUT2D eigenvalue weighted by atomic mass is 79.9. The van der Waals surface area contributed by atoms with E-state index in [2.05, 4.69) is 166 Å². The third-order valence-electron chi connectivity index (χ3n) is 9.82. The molecule has 2 aromatic carbocycles. The Bertz CT molecular complexity index is 1280. The molecule has 0 bridgehead atoms. The van der Waals surface area contributed by atoms with Crippen molar-refractivity contribution in [2.24, 2.45) is 0 Å². The monoisotopic (exact) mass is 774 g/mol. The molecule has 0 aliphatic carbocycles. The molecular formula is C36H67BrSi7. The summed E-state index contributed by atoms with van der Waals surface area (Å²) >= 11 is 4.75. The molecule has 0 amide bonds. The summed E-state index contributed by atoms with van der Waals surface area (Å²) in [5.74, 6) is 0. The van der Waals surface area contributed by atoms with E-state index >= 15 is 0 Å². The molecule has 1 aliphatic heterocycles. The normalized spacial score (nSPS) is 18.9. The number of fused-ring (bicyclic) bond motifs is 1. The second-order valence-electron chi connectivity index (χ2n) is 20.6. The van der Waals surface area contributed by atoms with Gasteiger partial charge in [-0.1, -0.05) is 166 Å². The molecule has 0 saturated heterocycles. The van der Waals surface area contributed by atoms with Crippen molar-refractivity contribution in [1.29, 1.82) is 0 Å². The molecule has 1 unspecified atom stereocenters. The molecule has 0 aromatic heterocycles. The van der Waals surface area contributed by atoms with Gasteiger partial charge in [-0.25, -0.2) is 0 Å². The third kappa shape index (κ3) is 8.42. The summed E-state index contributed by atoms with van der Waals surface area (Å²) in [7, 11) is -9.29. The van der Waals surface area contributed by atoms with E-state index in [1.807, 2.05) is 16.3 Å². The number of hydrogen-bond donors (Lipinski definition) is 0. The van der Waals surface area contributed by atoms with Crippen LogP contribution < -0.4 is 5.19 Å². The van der Waals surface area contributed by atoms with E-state index in [0.717, 1.165) is 15.5 Å². The van der Waals surface area contributed by atoms with Gasteiger partial charge >= 0.3 is 0 Å². The first-order chi connectivity index (χ1) is 19.5. The fourth-order valence-corrected chi connectivity index (χ4v) is 54.7. The zero-order valence-electron chi connectivity index (χ0n) is 31.9. The van der Waals surface area contributed by atoms with E-state index in [-0.39, 0.29) is 0 Å². The zero-order valence-corrected chi connectivity index (χ0v) is 40.5. The van der Waals surface area contributed by atoms with Crippen molar-refractivity contribution in [3.63, 3.8) is 0 Å². The highest BCUT2D eigenvalue weighted by molar-refractivity contribution is 9.26. The van der Waals surface area contributed by atoms with Gasteiger partial charge in [0, 0.05) is 48.4 Å². The number of hydrogen-bond acceptors (Lipinski definition) is 0. The van der Waals surface area contributed by atoms with Gasteiger partial charge in [-0.15, -0.1) is 15.3 Å². The Morgan fingerprint density at radius 3 is 1.27 bits per heavy atom. The number of benzene rings is 2. The predicted octanol–water partition coefficient (Wildman–Crippen LogP) is 12.1. The van der Waals surface area contributed by atoms with Crippen LogP contribution in [0.2, 0.25) is 118 Å². The lowest BCUT2D eigenvalue weighted by Crippen LogP contribution is -2.58. The van der Waals surface area contributed by atoms with Gasteiger partial charge in [-0.2, -0.15) is 0 Å². The molecule has 0 N–H and O–H groups in total. The van der Waals surface area contributed by atoms with Crippen molar-refractivity contribution in [1.82, 2.24) is 0 Å². The van der Waals surface area contributed by atoms with Gasteiger partial charge in [0.15, 0.2) is 6.69 Å². The smallest absolute Gasteiger partial charge is 0.114 e. The van der Waals surface area contributed by atoms with E-state index in [1.54, 1.807) is 5.56 Å². The molecule has 8 heteroatoms. The minimum absolute atomic E-state index is 0.726. The summed E-state index contributed by atoms with van der Waals surface area (Å²) in [4.78, 5) is 0. The zero-order chi connectivity index (χ0) is 34.1. The second kappa shape index (κ2) is 12.6. The Hall–Kier alpha value is 0.178. The highest BCUT2D eigenvalue weighted by Gasteiger charge is 2.50.